The van der Waals surface area contributed by atoms with Crippen molar-refractivity contribution in [1.29, 1.82) is 0 Å². The fraction of sp³-hybridized carbons (Fsp3) is 0.857. The summed E-state index contributed by atoms with van der Waals surface area (Å²) in [4.78, 5) is 11.1. The molecular weight excluding hydrogens is 196 g/mol. The van der Waals surface area contributed by atoms with E-state index in [-0.39, 0.29) is 16.7 Å². The van der Waals surface area contributed by atoms with Crippen LogP contribution >= 0.6 is 15.9 Å². The number of halogens is 1. The third-order valence-corrected chi connectivity index (χ3v) is 1.63. The molecule has 1 fully saturated rings. The van der Waals surface area contributed by atoms with Crippen LogP contribution in [-0.2, 0) is 9.53 Å². The number of rotatable bonds is 3. The van der Waals surface area contributed by atoms with Crippen molar-refractivity contribution in [2.45, 2.75) is 24.6 Å². The van der Waals surface area contributed by atoms with Crippen molar-refractivity contribution in [3.63, 3.8) is 0 Å². The minimum absolute atomic E-state index is 0.0219. The molecule has 1 aliphatic carbocycles. The molecule has 0 aromatic rings. The summed E-state index contributed by atoms with van der Waals surface area (Å²) in [6, 6.07) is 0. The minimum atomic E-state index is -0.0219. The SMILES string of the molecule is CC(Br)COC(=O)C1CC1. The van der Waals surface area contributed by atoms with Gasteiger partial charge >= 0.3 is 5.97 Å². The van der Waals surface area contributed by atoms with Gasteiger partial charge in [-0.05, 0) is 19.8 Å². The number of hydrogen-bond acceptors (Lipinski definition) is 2. The maximum absolute atomic E-state index is 10.9. The standard InChI is InChI=1S/C7H11BrO2/c1-5(8)4-10-7(9)6-2-3-6/h5-6H,2-4H2,1H3. The lowest BCUT2D eigenvalue weighted by atomic mass is 10.4. The Hall–Kier alpha value is -0.0500. The van der Waals surface area contributed by atoms with Crippen molar-refractivity contribution in [2.24, 2.45) is 5.92 Å². The highest BCUT2D eigenvalue weighted by Gasteiger charge is 2.31. The van der Waals surface area contributed by atoms with Crippen molar-refractivity contribution in [3.8, 4) is 0 Å². The molecule has 58 valence electrons. The molecule has 1 aliphatic rings. The maximum Gasteiger partial charge on any atom is 0.308 e. The summed E-state index contributed by atoms with van der Waals surface area (Å²) in [6.45, 7) is 2.45. The van der Waals surface area contributed by atoms with Crippen molar-refractivity contribution >= 4 is 21.9 Å². The Kier molecular flexibility index (Phi) is 2.72. The predicted octanol–water partition coefficient (Wildman–Crippen LogP) is 1.72. The lowest BCUT2D eigenvalue weighted by Gasteiger charge is -2.03. The van der Waals surface area contributed by atoms with Gasteiger partial charge < -0.3 is 4.74 Å². The number of hydrogen-bond donors (Lipinski definition) is 0. The van der Waals surface area contributed by atoms with E-state index in [4.69, 9.17) is 4.74 Å². The van der Waals surface area contributed by atoms with E-state index in [1.165, 1.54) is 0 Å². The van der Waals surface area contributed by atoms with Gasteiger partial charge in [0.05, 0.1) is 5.92 Å². The third kappa shape index (κ3) is 2.69. The summed E-state index contributed by atoms with van der Waals surface area (Å²) in [5, 5.41) is 0. The van der Waals surface area contributed by atoms with Gasteiger partial charge in [-0.25, -0.2) is 0 Å². The molecule has 0 heterocycles. The molecule has 1 atom stereocenters. The van der Waals surface area contributed by atoms with Crippen LogP contribution in [0.5, 0.6) is 0 Å². The first-order valence-corrected chi connectivity index (χ1v) is 4.42. The Morgan fingerprint density at radius 2 is 2.40 bits per heavy atom. The topological polar surface area (TPSA) is 26.3 Å². The molecule has 1 saturated carbocycles. The van der Waals surface area contributed by atoms with E-state index in [0.29, 0.717) is 6.61 Å². The van der Waals surface area contributed by atoms with E-state index >= 15 is 0 Å². The summed E-state index contributed by atoms with van der Waals surface area (Å²) in [5.74, 6) is 0.206. The van der Waals surface area contributed by atoms with Crippen molar-refractivity contribution in [3.05, 3.63) is 0 Å². The highest BCUT2D eigenvalue weighted by molar-refractivity contribution is 9.09. The summed E-state index contributed by atoms with van der Waals surface area (Å²) in [5.41, 5.74) is 0. The van der Waals surface area contributed by atoms with Crippen LogP contribution in [0, 0.1) is 5.92 Å². The number of ether oxygens (including phenoxy) is 1. The van der Waals surface area contributed by atoms with Crippen LogP contribution < -0.4 is 0 Å². The average Bonchev–Trinajstić information content (AvgIpc) is 2.63. The van der Waals surface area contributed by atoms with Gasteiger partial charge in [0.15, 0.2) is 0 Å². The zero-order chi connectivity index (χ0) is 7.56. The van der Waals surface area contributed by atoms with Crippen molar-refractivity contribution < 1.29 is 9.53 Å². The van der Waals surface area contributed by atoms with Crippen molar-refractivity contribution in [2.75, 3.05) is 6.61 Å². The molecule has 1 rings (SSSR count). The largest absolute Gasteiger partial charge is 0.464 e. The van der Waals surface area contributed by atoms with Crippen LogP contribution in [0.25, 0.3) is 0 Å². The number of alkyl halides is 1. The number of esters is 1. The van der Waals surface area contributed by atoms with Crippen LogP contribution in [0.4, 0.5) is 0 Å². The number of carbonyl (C=O) groups excluding carboxylic acids is 1. The van der Waals surface area contributed by atoms with E-state index < -0.39 is 0 Å². The zero-order valence-electron chi connectivity index (χ0n) is 5.97. The van der Waals surface area contributed by atoms with Gasteiger partial charge in [0, 0.05) is 4.83 Å². The molecule has 0 aliphatic heterocycles. The molecular formula is C7H11BrO2. The van der Waals surface area contributed by atoms with Crippen LogP contribution in [-0.4, -0.2) is 17.4 Å². The summed E-state index contributed by atoms with van der Waals surface area (Å²) in [7, 11) is 0. The Morgan fingerprint density at radius 1 is 1.80 bits per heavy atom. The van der Waals surface area contributed by atoms with Crippen molar-refractivity contribution in [1.82, 2.24) is 0 Å². The molecule has 0 saturated heterocycles. The molecule has 0 aromatic carbocycles. The first-order valence-electron chi connectivity index (χ1n) is 3.51. The Morgan fingerprint density at radius 3 is 2.80 bits per heavy atom. The molecule has 0 bridgehead atoms. The van der Waals surface area contributed by atoms with E-state index in [1.807, 2.05) is 6.92 Å². The van der Waals surface area contributed by atoms with Gasteiger partial charge in [-0.3, -0.25) is 4.79 Å². The van der Waals surface area contributed by atoms with Gasteiger partial charge in [0.25, 0.3) is 0 Å². The van der Waals surface area contributed by atoms with Gasteiger partial charge in [-0.15, -0.1) is 0 Å². The highest BCUT2D eigenvalue weighted by atomic mass is 79.9. The zero-order valence-corrected chi connectivity index (χ0v) is 7.56. The Labute approximate surface area is 69.1 Å². The van der Waals surface area contributed by atoms with Crippen LogP contribution in [0.2, 0.25) is 0 Å². The average molecular weight is 207 g/mol. The fourth-order valence-corrected chi connectivity index (χ4v) is 0.766. The van der Waals surface area contributed by atoms with Crippen LogP contribution in [0.15, 0.2) is 0 Å². The molecule has 0 N–H and O–H groups in total. The minimum Gasteiger partial charge on any atom is -0.464 e. The van der Waals surface area contributed by atoms with Gasteiger partial charge in [0.2, 0.25) is 0 Å². The van der Waals surface area contributed by atoms with Gasteiger partial charge in [-0.2, -0.15) is 0 Å². The third-order valence-electron chi connectivity index (χ3n) is 1.37. The normalized spacial score (nSPS) is 20.2. The summed E-state index contributed by atoms with van der Waals surface area (Å²) >= 11 is 3.30. The Bertz CT molecular complexity index is 130. The van der Waals surface area contributed by atoms with Crippen LogP contribution in [0.3, 0.4) is 0 Å². The summed E-state index contributed by atoms with van der Waals surface area (Å²) in [6.07, 6.45) is 2.05. The quantitative estimate of drug-likeness (QED) is 0.520. The second-order valence-electron chi connectivity index (χ2n) is 2.69. The van der Waals surface area contributed by atoms with E-state index in [9.17, 15) is 4.79 Å². The molecule has 0 spiro atoms. The molecule has 0 radical (unpaired) electrons. The van der Waals surface area contributed by atoms with Crippen LogP contribution in [0.1, 0.15) is 19.8 Å². The van der Waals surface area contributed by atoms with E-state index in [2.05, 4.69) is 15.9 Å². The van der Waals surface area contributed by atoms with Gasteiger partial charge in [-0.1, -0.05) is 15.9 Å². The molecule has 2 nitrogen and oxygen atoms in total. The maximum atomic E-state index is 10.9. The summed E-state index contributed by atoms with van der Waals surface area (Å²) < 4.78 is 4.94. The smallest absolute Gasteiger partial charge is 0.308 e. The first-order chi connectivity index (χ1) is 4.70. The highest BCUT2D eigenvalue weighted by Crippen LogP contribution is 2.30. The van der Waals surface area contributed by atoms with Gasteiger partial charge in [0.1, 0.15) is 6.61 Å². The fourth-order valence-electron chi connectivity index (χ4n) is 0.634. The second kappa shape index (κ2) is 3.37. The lowest BCUT2D eigenvalue weighted by molar-refractivity contribution is -0.144. The Balaban J connectivity index is 2.06. The monoisotopic (exact) mass is 206 g/mol. The first kappa shape index (κ1) is 8.05. The van der Waals surface area contributed by atoms with E-state index in [1.54, 1.807) is 0 Å². The molecule has 0 amide bonds. The van der Waals surface area contributed by atoms with E-state index in [0.717, 1.165) is 12.8 Å². The second-order valence-corrected chi connectivity index (χ2v) is 4.25. The molecule has 3 heteroatoms. The molecule has 0 aromatic heterocycles. The lowest BCUT2D eigenvalue weighted by Crippen LogP contribution is -2.12. The molecule has 1 unspecified atom stereocenters. The molecule has 10 heavy (non-hydrogen) atoms. The predicted molar refractivity (Wildman–Crippen MR) is 42.1 cm³/mol. The number of carbonyl (C=O) groups is 1.